The van der Waals surface area contributed by atoms with Crippen molar-refractivity contribution in [2.24, 2.45) is 11.8 Å². The highest BCUT2D eigenvalue weighted by Gasteiger charge is 2.66. The molecule has 0 aromatic heterocycles. The zero-order valence-electron chi connectivity index (χ0n) is 15.8. The van der Waals surface area contributed by atoms with Gasteiger partial charge in [0.2, 0.25) is 11.8 Å². The minimum Gasteiger partial charge on any atom is -0.465 e. The number of rotatable bonds is 4. The first-order valence-corrected chi connectivity index (χ1v) is 8.76. The largest absolute Gasteiger partial charge is 0.465 e. The molecule has 2 aliphatic rings. The number of nitrogens with zero attached hydrogens (tertiary/aromatic N) is 2. The molecule has 2 saturated heterocycles. The van der Waals surface area contributed by atoms with Crippen molar-refractivity contribution in [3.63, 3.8) is 0 Å². The third kappa shape index (κ3) is 2.58. The van der Waals surface area contributed by atoms with Gasteiger partial charge in [-0.3, -0.25) is 24.6 Å². The van der Waals surface area contributed by atoms with Crippen molar-refractivity contribution in [2.45, 2.75) is 25.4 Å². The van der Waals surface area contributed by atoms with E-state index in [-0.39, 0.29) is 18.4 Å². The summed E-state index contributed by atoms with van der Waals surface area (Å²) in [6.07, 6.45) is 0. The Kier molecular flexibility index (Phi) is 4.52. The van der Waals surface area contributed by atoms with Crippen molar-refractivity contribution in [3.05, 3.63) is 29.8 Å². The summed E-state index contributed by atoms with van der Waals surface area (Å²) in [4.78, 5) is 41.2. The van der Waals surface area contributed by atoms with Crippen LogP contribution in [-0.4, -0.2) is 56.0 Å². The molecule has 2 heterocycles. The predicted molar refractivity (Wildman–Crippen MR) is 96.4 cm³/mol. The van der Waals surface area contributed by atoms with Gasteiger partial charge in [0.25, 0.3) is 0 Å². The van der Waals surface area contributed by atoms with Crippen LogP contribution in [0.1, 0.15) is 25.5 Å². The first-order valence-electron chi connectivity index (χ1n) is 8.76. The van der Waals surface area contributed by atoms with Gasteiger partial charge in [-0.05, 0) is 31.5 Å². The molecule has 4 atom stereocenters. The average molecular weight is 359 g/mol. The molecule has 26 heavy (non-hydrogen) atoms. The van der Waals surface area contributed by atoms with Gasteiger partial charge in [0, 0.05) is 32.9 Å². The molecular formula is C19H25N3O4. The monoisotopic (exact) mass is 359 g/mol. The zero-order chi connectivity index (χ0) is 19.2. The predicted octanol–water partition coefficient (Wildman–Crippen LogP) is 0.950. The van der Waals surface area contributed by atoms with E-state index in [2.05, 4.69) is 5.32 Å². The van der Waals surface area contributed by atoms with E-state index < -0.39 is 29.4 Å². The van der Waals surface area contributed by atoms with Gasteiger partial charge in [-0.2, -0.15) is 0 Å². The number of nitrogens with one attached hydrogen (secondary N) is 1. The van der Waals surface area contributed by atoms with Gasteiger partial charge in [0.05, 0.1) is 18.4 Å². The third-order valence-electron chi connectivity index (χ3n) is 5.48. The van der Waals surface area contributed by atoms with E-state index in [0.29, 0.717) is 0 Å². The highest BCUT2D eigenvalue weighted by molar-refractivity contribution is 6.09. The Morgan fingerprint density at radius 3 is 2.38 bits per heavy atom. The van der Waals surface area contributed by atoms with E-state index in [1.54, 1.807) is 13.8 Å². The maximum Gasteiger partial charge on any atom is 0.326 e. The molecule has 1 aromatic rings. The number of imide groups is 1. The molecule has 2 amide bonds. The topological polar surface area (TPSA) is 79.0 Å². The highest BCUT2D eigenvalue weighted by Crippen LogP contribution is 2.48. The Hall–Kier alpha value is -2.41. The third-order valence-corrected chi connectivity index (χ3v) is 5.48. The SMILES string of the molecule is CCOC(=O)[C@]1(C)N[C@H](c2ccc(N(C)C)cc2)[C@@H]2C(=O)N(C)C(=O)[C@H]21. The van der Waals surface area contributed by atoms with Crippen molar-refractivity contribution in [1.82, 2.24) is 10.2 Å². The Morgan fingerprint density at radius 1 is 1.23 bits per heavy atom. The number of carbonyl (C=O) groups excluding carboxylic acids is 3. The first-order chi connectivity index (χ1) is 12.2. The molecule has 140 valence electrons. The van der Waals surface area contributed by atoms with Crippen LogP contribution in [0.4, 0.5) is 5.69 Å². The van der Waals surface area contributed by atoms with Gasteiger partial charge in [-0.1, -0.05) is 12.1 Å². The summed E-state index contributed by atoms with van der Waals surface area (Å²) in [5, 5.41) is 3.24. The van der Waals surface area contributed by atoms with Crippen LogP contribution >= 0.6 is 0 Å². The van der Waals surface area contributed by atoms with E-state index in [0.717, 1.165) is 16.2 Å². The first kappa shape index (κ1) is 18.4. The summed E-state index contributed by atoms with van der Waals surface area (Å²) >= 11 is 0. The molecule has 2 fully saturated rings. The number of esters is 1. The smallest absolute Gasteiger partial charge is 0.326 e. The van der Waals surface area contributed by atoms with Crippen LogP contribution in [0.25, 0.3) is 0 Å². The number of anilines is 1. The number of benzene rings is 1. The van der Waals surface area contributed by atoms with E-state index in [1.165, 1.54) is 7.05 Å². The molecule has 3 rings (SSSR count). The fourth-order valence-corrected chi connectivity index (χ4v) is 4.02. The number of amides is 2. The maximum atomic E-state index is 12.7. The number of ether oxygens (including phenoxy) is 1. The summed E-state index contributed by atoms with van der Waals surface area (Å²) in [7, 11) is 5.37. The lowest BCUT2D eigenvalue weighted by Crippen LogP contribution is -2.53. The van der Waals surface area contributed by atoms with Crippen LogP contribution in [0, 0.1) is 11.8 Å². The summed E-state index contributed by atoms with van der Waals surface area (Å²) in [5.74, 6) is -2.48. The van der Waals surface area contributed by atoms with Crippen LogP contribution in [0.5, 0.6) is 0 Å². The average Bonchev–Trinajstić information content (AvgIpc) is 3.05. The fourth-order valence-electron chi connectivity index (χ4n) is 4.02. The lowest BCUT2D eigenvalue weighted by Gasteiger charge is -2.28. The van der Waals surface area contributed by atoms with Crippen molar-refractivity contribution in [3.8, 4) is 0 Å². The van der Waals surface area contributed by atoms with Gasteiger partial charge in [0.15, 0.2) is 0 Å². The number of likely N-dealkylation sites (tertiary alicyclic amines) is 1. The lowest BCUT2D eigenvalue weighted by molar-refractivity contribution is -0.155. The molecule has 0 bridgehead atoms. The Labute approximate surface area is 153 Å². The second-order valence-electron chi connectivity index (χ2n) is 7.27. The van der Waals surface area contributed by atoms with Crippen LogP contribution in [0.3, 0.4) is 0 Å². The number of hydrogen-bond acceptors (Lipinski definition) is 6. The number of fused-ring (bicyclic) bond motifs is 1. The minimum absolute atomic E-state index is 0.216. The molecule has 7 nitrogen and oxygen atoms in total. The van der Waals surface area contributed by atoms with Gasteiger partial charge in [0.1, 0.15) is 5.54 Å². The Morgan fingerprint density at radius 2 is 1.85 bits per heavy atom. The van der Waals surface area contributed by atoms with Gasteiger partial charge in [-0.25, -0.2) is 0 Å². The molecule has 7 heteroatoms. The molecule has 1 aromatic carbocycles. The van der Waals surface area contributed by atoms with Crippen LogP contribution in [0.15, 0.2) is 24.3 Å². The second kappa shape index (κ2) is 6.39. The lowest BCUT2D eigenvalue weighted by atomic mass is 9.80. The van der Waals surface area contributed by atoms with Crippen molar-refractivity contribution < 1.29 is 19.1 Å². The van der Waals surface area contributed by atoms with E-state index in [9.17, 15) is 14.4 Å². The summed E-state index contributed by atoms with van der Waals surface area (Å²) in [5.41, 5.74) is 0.667. The van der Waals surface area contributed by atoms with Crippen molar-refractivity contribution in [1.29, 1.82) is 0 Å². The molecular weight excluding hydrogens is 334 g/mol. The van der Waals surface area contributed by atoms with Crippen LogP contribution < -0.4 is 10.2 Å². The Balaban J connectivity index is 2.02. The minimum atomic E-state index is -1.23. The van der Waals surface area contributed by atoms with Crippen LogP contribution in [-0.2, 0) is 19.1 Å². The molecule has 2 aliphatic heterocycles. The fraction of sp³-hybridized carbons (Fsp3) is 0.526. The summed E-state index contributed by atoms with van der Waals surface area (Å²) < 4.78 is 5.20. The summed E-state index contributed by atoms with van der Waals surface area (Å²) in [6.45, 7) is 3.59. The van der Waals surface area contributed by atoms with E-state index >= 15 is 0 Å². The highest BCUT2D eigenvalue weighted by atomic mass is 16.5. The number of hydrogen-bond donors (Lipinski definition) is 1. The van der Waals surface area contributed by atoms with E-state index in [1.807, 2.05) is 43.3 Å². The van der Waals surface area contributed by atoms with Crippen molar-refractivity contribution >= 4 is 23.5 Å². The molecule has 0 radical (unpaired) electrons. The van der Waals surface area contributed by atoms with Gasteiger partial charge in [-0.15, -0.1) is 0 Å². The van der Waals surface area contributed by atoms with E-state index in [4.69, 9.17) is 4.74 Å². The molecule has 0 saturated carbocycles. The second-order valence-corrected chi connectivity index (χ2v) is 7.27. The zero-order valence-corrected chi connectivity index (χ0v) is 15.8. The quantitative estimate of drug-likeness (QED) is 0.637. The van der Waals surface area contributed by atoms with Gasteiger partial charge >= 0.3 is 5.97 Å². The Bertz CT molecular complexity index is 746. The molecule has 0 spiro atoms. The molecule has 0 unspecified atom stereocenters. The summed E-state index contributed by atoms with van der Waals surface area (Å²) in [6, 6.07) is 7.34. The molecule has 0 aliphatic carbocycles. The standard InChI is InChI=1S/C19H25N3O4/c1-6-26-18(25)19(2)14-13(16(23)22(5)17(14)24)15(20-19)11-7-9-12(10-8-11)21(3)4/h7-10,13-15,20H,6H2,1-5H3/t13-,14+,15-,19-/m1/s1. The normalized spacial score (nSPS) is 30.5. The van der Waals surface area contributed by atoms with Gasteiger partial charge < -0.3 is 9.64 Å². The maximum absolute atomic E-state index is 12.7. The van der Waals surface area contributed by atoms with Crippen LogP contribution in [0.2, 0.25) is 0 Å². The number of carbonyl (C=O) groups is 3. The molecule has 1 N–H and O–H groups in total. The van der Waals surface area contributed by atoms with Crippen molar-refractivity contribution in [2.75, 3.05) is 32.6 Å².